The van der Waals surface area contributed by atoms with E-state index in [0.29, 0.717) is 15.7 Å². The molecule has 1 N–H and O–H groups in total. The number of amides is 1. The van der Waals surface area contributed by atoms with Crippen LogP contribution in [0.4, 0.5) is 5.69 Å². The van der Waals surface area contributed by atoms with Crippen LogP contribution in [0.25, 0.3) is 0 Å². The Kier molecular flexibility index (Phi) is 5.25. The van der Waals surface area contributed by atoms with Crippen LogP contribution in [0.2, 0.25) is 10.0 Å². The van der Waals surface area contributed by atoms with Crippen LogP contribution in [0, 0.1) is 5.41 Å². The van der Waals surface area contributed by atoms with Crippen molar-refractivity contribution in [3.05, 3.63) is 28.2 Å². The van der Waals surface area contributed by atoms with Gasteiger partial charge in [-0.15, -0.1) is 11.6 Å². The molecular formula is C13H14Cl3NO2. The zero-order valence-corrected chi connectivity index (χ0v) is 13.0. The van der Waals surface area contributed by atoms with Gasteiger partial charge >= 0.3 is 0 Å². The van der Waals surface area contributed by atoms with E-state index in [1.54, 1.807) is 20.8 Å². The highest BCUT2D eigenvalue weighted by molar-refractivity contribution is 6.44. The molecule has 1 amide bonds. The fourth-order valence-electron chi connectivity index (χ4n) is 1.33. The number of hydrogen-bond acceptors (Lipinski definition) is 2. The molecule has 1 unspecified atom stereocenters. The molecule has 0 radical (unpaired) electrons. The van der Waals surface area contributed by atoms with E-state index in [1.807, 2.05) is 0 Å². The molecule has 1 aromatic rings. The molecule has 0 fully saturated rings. The maximum absolute atomic E-state index is 11.9. The molecule has 1 atom stereocenters. The van der Waals surface area contributed by atoms with Crippen molar-refractivity contribution < 1.29 is 9.59 Å². The predicted octanol–water partition coefficient (Wildman–Crippen LogP) is 4.15. The summed E-state index contributed by atoms with van der Waals surface area (Å²) in [6.45, 7) is 5.11. The second-order valence-electron chi connectivity index (χ2n) is 5.12. The fourth-order valence-corrected chi connectivity index (χ4v) is 2.24. The Morgan fingerprint density at radius 3 is 2.00 bits per heavy atom. The minimum Gasteiger partial charge on any atom is -0.324 e. The first-order valence-corrected chi connectivity index (χ1v) is 6.76. The van der Waals surface area contributed by atoms with Crippen molar-refractivity contribution >= 4 is 52.2 Å². The molecule has 104 valence electrons. The van der Waals surface area contributed by atoms with Crippen LogP contribution in [0.1, 0.15) is 20.8 Å². The Morgan fingerprint density at radius 1 is 1.11 bits per heavy atom. The van der Waals surface area contributed by atoms with E-state index in [2.05, 4.69) is 5.32 Å². The third-order valence-corrected chi connectivity index (χ3v) is 3.16. The first-order chi connectivity index (χ1) is 8.61. The average molecular weight is 323 g/mol. The number of ketones is 1. The van der Waals surface area contributed by atoms with Crippen LogP contribution in [0.5, 0.6) is 0 Å². The van der Waals surface area contributed by atoms with Gasteiger partial charge in [0.2, 0.25) is 5.91 Å². The Hall–Kier alpha value is -0.770. The summed E-state index contributed by atoms with van der Waals surface area (Å²) in [5.41, 5.74) is -0.287. The lowest BCUT2D eigenvalue weighted by molar-refractivity contribution is -0.130. The summed E-state index contributed by atoms with van der Waals surface area (Å²) in [5.74, 6) is -0.945. The van der Waals surface area contributed by atoms with Gasteiger partial charge in [0.05, 0.1) is 0 Å². The zero-order chi connectivity index (χ0) is 14.8. The number of rotatable bonds is 3. The molecule has 0 saturated carbocycles. The van der Waals surface area contributed by atoms with Crippen molar-refractivity contribution in [2.75, 3.05) is 5.32 Å². The summed E-state index contributed by atoms with van der Waals surface area (Å²) in [6, 6.07) is 4.59. The SMILES string of the molecule is CC(C)(C)C(=O)C(Cl)C(=O)Nc1cc(Cl)cc(Cl)c1. The summed E-state index contributed by atoms with van der Waals surface area (Å²) in [4.78, 5) is 23.8. The normalized spacial score (nSPS) is 12.9. The van der Waals surface area contributed by atoms with Gasteiger partial charge in [0.25, 0.3) is 0 Å². The summed E-state index contributed by atoms with van der Waals surface area (Å²) in [7, 11) is 0. The Labute approximate surface area is 127 Å². The van der Waals surface area contributed by atoms with Crippen molar-refractivity contribution in [3.8, 4) is 0 Å². The maximum Gasteiger partial charge on any atom is 0.250 e. The number of alkyl halides is 1. The lowest BCUT2D eigenvalue weighted by Gasteiger charge is -2.20. The van der Waals surface area contributed by atoms with E-state index >= 15 is 0 Å². The van der Waals surface area contributed by atoms with Gasteiger partial charge in [-0.2, -0.15) is 0 Å². The van der Waals surface area contributed by atoms with E-state index in [4.69, 9.17) is 34.8 Å². The maximum atomic E-state index is 11.9. The Bertz CT molecular complexity index is 489. The van der Waals surface area contributed by atoms with E-state index in [0.717, 1.165) is 0 Å². The molecule has 0 heterocycles. The van der Waals surface area contributed by atoms with Crippen molar-refractivity contribution in [2.24, 2.45) is 5.41 Å². The summed E-state index contributed by atoms with van der Waals surface area (Å²) >= 11 is 17.5. The van der Waals surface area contributed by atoms with E-state index in [9.17, 15) is 9.59 Å². The van der Waals surface area contributed by atoms with Crippen LogP contribution in [0.15, 0.2) is 18.2 Å². The van der Waals surface area contributed by atoms with Crippen LogP contribution >= 0.6 is 34.8 Å². The first-order valence-electron chi connectivity index (χ1n) is 5.56. The zero-order valence-electron chi connectivity index (χ0n) is 10.8. The van der Waals surface area contributed by atoms with Gasteiger partial charge in [-0.1, -0.05) is 44.0 Å². The number of benzene rings is 1. The Morgan fingerprint density at radius 2 is 1.58 bits per heavy atom. The molecule has 0 aliphatic carbocycles. The number of carbonyl (C=O) groups is 2. The quantitative estimate of drug-likeness (QED) is 0.671. The second kappa shape index (κ2) is 6.12. The van der Waals surface area contributed by atoms with Crippen LogP contribution < -0.4 is 5.32 Å². The molecule has 0 saturated heterocycles. The van der Waals surface area contributed by atoms with Gasteiger partial charge < -0.3 is 5.32 Å². The highest BCUT2D eigenvalue weighted by Crippen LogP contribution is 2.24. The number of halogens is 3. The lowest BCUT2D eigenvalue weighted by atomic mass is 9.88. The topological polar surface area (TPSA) is 46.2 Å². The molecule has 0 bridgehead atoms. The van der Waals surface area contributed by atoms with Crippen LogP contribution in [0.3, 0.4) is 0 Å². The average Bonchev–Trinajstić information content (AvgIpc) is 2.24. The number of hydrogen-bond donors (Lipinski definition) is 1. The van der Waals surface area contributed by atoms with Gasteiger partial charge in [-0.3, -0.25) is 9.59 Å². The van der Waals surface area contributed by atoms with Gasteiger partial charge in [-0.05, 0) is 18.2 Å². The van der Waals surface area contributed by atoms with Crippen LogP contribution in [-0.2, 0) is 9.59 Å². The van der Waals surface area contributed by atoms with Gasteiger partial charge in [0.1, 0.15) is 0 Å². The second-order valence-corrected chi connectivity index (χ2v) is 6.43. The van der Waals surface area contributed by atoms with Gasteiger partial charge in [0.15, 0.2) is 11.2 Å². The molecule has 3 nitrogen and oxygen atoms in total. The fraction of sp³-hybridized carbons (Fsp3) is 0.385. The number of anilines is 1. The van der Waals surface area contributed by atoms with Crippen molar-refractivity contribution in [2.45, 2.75) is 26.1 Å². The molecule has 1 rings (SSSR count). The molecule has 19 heavy (non-hydrogen) atoms. The van der Waals surface area contributed by atoms with Gasteiger partial charge in [-0.25, -0.2) is 0 Å². The minimum atomic E-state index is -1.25. The third-order valence-electron chi connectivity index (χ3n) is 2.33. The molecule has 0 aliphatic heterocycles. The molecule has 0 aliphatic rings. The smallest absolute Gasteiger partial charge is 0.250 e. The molecule has 6 heteroatoms. The Balaban J connectivity index is 2.82. The molecule has 0 spiro atoms. The number of Topliss-reactive ketones (excluding diaryl/α,β-unsaturated/α-hetero) is 1. The largest absolute Gasteiger partial charge is 0.324 e. The monoisotopic (exact) mass is 321 g/mol. The number of nitrogens with one attached hydrogen (secondary N) is 1. The molecular weight excluding hydrogens is 309 g/mol. The highest BCUT2D eigenvalue weighted by atomic mass is 35.5. The summed E-state index contributed by atoms with van der Waals surface area (Å²) in [5, 5.41) is 2.03. The summed E-state index contributed by atoms with van der Waals surface area (Å²) in [6.07, 6.45) is 0. The predicted molar refractivity (Wildman–Crippen MR) is 79.2 cm³/mol. The van der Waals surface area contributed by atoms with E-state index in [-0.39, 0.29) is 5.78 Å². The van der Waals surface area contributed by atoms with Crippen LogP contribution in [-0.4, -0.2) is 17.1 Å². The standard InChI is InChI=1S/C13H14Cl3NO2/c1-13(2,3)11(18)10(16)12(19)17-9-5-7(14)4-8(15)6-9/h4-6,10H,1-3H3,(H,17,19). The first kappa shape index (κ1) is 16.3. The minimum absolute atomic E-state index is 0.347. The van der Waals surface area contributed by atoms with E-state index < -0.39 is 16.7 Å². The van der Waals surface area contributed by atoms with Crippen molar-refractivity contribution in [1.29, 1.82) is 0 Å². The molecule has 0 aromatic heterocycles. The highest BCUT2D eigenvalue weighted by Gasteiger charge is 2.33. The lowest BCUT2D eigenvalue weighted by Crippen LogP contribution is -2.37. The number of carbonyl (C=O) groups excluding carboxylic acids is 2. The van der Waals surface area contributed by atoms with E-state index in [1.165, 1.54) is 18.2 Å². The summed E-state index contributed by atoms with van der Waals surface area (Å²) < 4.78 is 0. The third kappa shape index (κ3) is 4.68. The van der Waals surface area contributed by atoms with Crippen molar-refractivity contribution in [3.63, 3.8) is 0 Å². The van der Waals surface area contributed by atoms with Crippen molar-refractivity contribution in [1.82, 2.24) is 0 Å². The van der Waals surface area contributed by atoms with Gasteiger partial charge in [0, 0.05) is 21.1 Å². The molecule has 1 aromatic carbocycles.